The maximum absolute atomic E-state index is 12.3. The Morgan fingerprint density at radius 2 is 1.52 bits per heavy atom. The summed E-state index contributed by atoms with van der Waals surface area (Å²) < 4.78 is 0. The lowest BCUT2D eigenvalue weighted by atomic mass is 10.2. The van der Waals surface area contributed by atoms with Crippen molar-refractivity contribution in [3.05, 3.63) is 24.3 Å². The minimum absolute atomic E-state index is 0.00880. The van der Waals surface area contributed by atoms with E-state index in [0.717, 1.165) is 50.1 Å². The maximum atomic E-state index is 12.3. The molecule has 0 aliphatic heterocycles. The van der Waals surface area contributed by atoms with Crippen molar-refractivity contribution in [3.8, 4) is 0 Å². The first-order chi connectivity index (χ1) is 10.1. The van der Waals surface area contributed by atoms with Gasteiger partial charge >= 0.3 is 6.03 Å². The van der Waals surface area contributed by atoms with Gasteiger partial charge in [0.05, 0.1) is 0 Å². The summed E-state index contributed by atoms with van der Waals surface area (Å²) >= 11 is 0. The van der Waals surface area contributed by atoms with Crippen molar-refractivity contribution in [2.75, 3.05) is 37.4 Å². The number of anilines is 2. The van der Waals surface area contributed by atoms with Crippen LogP contribution in [-0.4, -0.2) is 38.1 Å². The molecule has 0 aliphatic carbocycles. The molecule has 0 atom stereocenters. The zero-order chi connectivity index (χ0) is 15.7. The Morgan fingerprint density at radius 1 is 1.00 bits per heavy atom. The van der Waals surface area contributed by atoms with E-state index >= 15 is 0 Å². The molecule has 4 heteroatoms. The van der Waals surface area contributed by atoms with E-state index < -0.39 is 0 Å². The van der Waals surface area contributed by atoms with Crippen molar-refractivity contribution in [2.24, 2.45) is 0 Å². The fourth-order valence-corrected chi connectivity index (χ4v) is 2.06. The fourth-order valence-electron chi connectivity index (χ4n) is 2.06. The van der Waals surface area contributed by atoms with E-state index in [1.807, 2.05) is 48.2 Å². The van der Waals surface area contributed by atoms with Gasteiger partial charge in [-0.25, -0.2) is 4.79 Å². The molecule has 21 heavy (non-hydrogen) atoms. The van der Waals surface area contributed by atoms with Crippen LogP contribution in [0.5, 0.6) is 0 Å². The molecule has 0 spiro atoms. The van der Waals surface area contributed by atoms with Crippen molar-refractivity contribution >= 4 is 17.4 Å². The number of nitrogens with zero attached hydrogens (tertiary/aromatic N) is 2. The topological polar surface area (TPSA) is 35.6 Å². The molecule has 118 valence electrons. The molecular formula is C17H29N3O. The van der Waals surface area contributed by atoms with Gasteiger partial charge in [0.1, 0.15) is 0 Å². The third-order valence-corrected chi connectivity index (χ3v) is 3.49. The summed E-state index contributed by atoms with van der Waals surface area (Å²) in [5.41, 5.74) is 1.98. The van der Waals surface area contributed by atoms with Crippen LogP contribution in [0.15, 0.2) is 24.3 Å². The van der Waals surface area contributed by atoms with Crippen LogP contribution >= 0.6 is 0 Å². The predicted molar refractivity (Wildman–Crippen MR) is 91.2 cm³/mol. The standard InChI is InChI=1S/C17H29N3O/c1-5-7-13-20(14-8-6-2)17(21)18-15-9-11-16(12-10-15)19(3)4/h9-12H,5-8,13-14H2,1-4H3,(H,18,21). The SMILES string of the molecule is CCCCN(CCCC)C(=O)Nc1ccc(N(C)C)cc1. The van der Waals surface area contributed by atoms with Gasteiger partial charge in [-0.2, -0.15) is 0 Å². The number of unbranched alkanes of at least 4 members (excludes halogenated alkanes) is 2. The van der Waals surface area contributed by atoms with Gasteiger partial charge in [-0.3, -0.25) is 0 Å². The zero-order valence-corrected chi connectivity index (χ0v) is 13.9. The molecule has 0 saturated heterocycles. The van der Waals surface area contributed by atoms with Crippen molar-refractivity contribution < 1.29 is 4.79 Å². The average molecular weight is 291 g/mol. The van der Waals surface area contributed by atoms with Crippen LogP contribution < -0.4 is 10.2 Å². The Balaban J connectivity index is 2.62. The highest BCUT2D eigenvalue weighted by Crippen LogP contribution is 2.16. The van der Waals surface area contributed by atoms with Gasteiger partial charge in [0.25, 0.3) is 0 Å². The van der Waals surface area contributed by atoms with E-state index in [-0.39, 0.29) is 6.03 Å². The molecule has 4 nitrogen and oxygen atoms in total. The normalized spacial score (nSPS) is 10.3. The highest BCUT2D eigenvalue weighted by Gasteiger charge is 2.12. The van der Waals surface area contributed by atoms with E-state index in [4.69, 9.17) is 0 Å². The lowest BCUT2D eigenvalue weighted by Crippen LogP contribution is -2.36. The summed E-state index contributed by atoms with van der Waals surface area (Å²) in [6.45, 7) is 5.96. The largest absolute Gasteiger partial charge is 0.378 e. The van der Waals surface area contributed by atoms with Gasteiger partial charge in [0, 0.05) is 38.6 Å². The molecule has 0 bridgehead atoms. The third-order valence-electron chi connectivity index (χ3n) is 3.49. The van der Waals surface area contributed by atoms with Crippen molar-refractivity contribution in [2.45, 2.75) is 39.5 Å². The smallest absolute Gasteiger partial charge is 0.321 e. The van der Waals surface area contributed by atoms with Crippen molar-refractivity contribution in [1.29, 1.82) is 0 Å². The van der Waals surface area contributed by atoms with E-state index in [9.17, 15) is 4.79 Å². The van der Waals surface area contributed by atoms with Crippen LogP contribution in [0.3, 0.4) is 0 Å². The van der Waals surface area contributed by atoms with Gasteiger partial charge < -0.3 is 15.1 Å². The first kappa shape index (κ1) is 17.3. The summed E-state index contributed by atoms with van der Waals surface area (Å²) in [5.74, 6) is 0. The molecule has 1 rings (SSSR count). The number of hydrogen-bond donors (Lipinski definition) is 1. The quantitative estimate of drug-likeness (QED) is 0.779. The second-order valence-electron chi connectivity index (χ2n) is 5.57. The molecule has 0 radical (unpaired) electrons. The van der Waals surface area contributed by atoms with E-state index in [1.54, 1.807) is 0 Å². The number of carbonyl (C=O) groups is 1. The Kier molecular flexibility index (Phi) is 7.65. The lowest BCUT2D eigenvalue weighted by molar-refractivity contribution is 0.210. The molecular weight excluding hydrogens is 262 g/mol. The van der Waals surface area contributed by atoms with Crippen LogP contribution in [-0.2, 0) is 0 Å². The molecule has 1 N–H and O–H groups in total. The number of amides is 2. The maximum Gasteiger partial charge on any atom is 0.321 e. The summed E-state index contributed by atoms with van der Waals surface area (Å²) in [4.78, 5) is 16.3. The van der Waals surface area contributed by atoms with Crippen LogP contribution in [0.4, 0.5) is 16.2 Å². The highest BCUT2D eigenvalue weighted by atomic mass is 16.2. The lowest BCUT2D eigenvalue weighted by Gasteiger charge is -2.23. The Hall–Kier alpha value is -1.71. The number of rotatable bonds is 8. The van der Waals surface area contributed by atoms with Crippen LogP contribution in [0.25, 0.3) is 0 Å². The molecule has 0 unspecified atom stereocenters. The minimum Gasteiger partial charge on any atom is -0.378 e. The Morgan fingerprint density at radius 3 is 1.95 bits per heavy atom. The highest BCUT2D eigenvalue weighted by molar-refractivity contribution is 5.89. The van der Waals surface area contributed by atoms with Gasteiger partial charge in [-0.15, -0.1) is 0 Å². The summed E-state index contributed by atoms with van der Waals surface area (Å²) in [7, 11) is 4.01. The van der Waals surface area contributed by atoms with Gasteiger partial charge in [0.15, 0.2) is 0 Å². The molecule has 0 heterocycles. The summed E-state index contributed by atoms with van der Waals surface area (Å²) in [5, 5.41) is 2.99. The molecule has 1 aromatic carbocycles. The average Bonchev–Trinajstić information content (AvgIpc) is 2.47. The number of urea groups is 1. The monoisotopic (exact) mass is 291 g/mol. The molecule has 1 aromatic rings. The number of nitrogens with one attached hydrogen (secondary N) is 1. The Bertz CT molecular complexity index is 407. The molecule has 0 aromatic heterocycles. The summed E-state index contributed by atoms with van der Waals surface area (Å²) in [6, 6.07) is 7.93. The number of benzene rings is 1. The van der Waals surface area contributed by atoms with Gasteiger partial charge in [-0.05, 0) is 37.1 Å². The first-order valence-corrected chi connectivity index (χ1v) is 7.91. The first-order valence-electron chi connectivity index (χ1n) is 7.91. The zero-order valence-electron chi connectivity index (χ0n) is 13.9. The van der Waals surface area contributed by atoms with Crippen molar-refractivity contribution in [3.63, 3.8) is 0 Å². The van der Waals surface area contributed by atoms with E-state index in [0.29, 0.717) is 0 Å². The van der Waals surface area contributed by atoms with Crippen LogP contribution in [0, 0.1) is 0 Å². The third kappa shape index (κ3) is 6.06. The summed E-state index contributed by atoms with van der Waals surface area (Å²) in [6.07, 6.45) is 4.31. The minimum atomic E-state index is 0.00880. The van der Waals surface area contributed by atoms with Gasteiger partial charge in [0.2, 0.25) is 0 Å². The van der Waals surface area contributed by atoms with Crippen molar-refractivity contribution in [1.82, 2.24) is 4.90 Å². The van der Waals surface area contributed by atoms with E-state index in [1.165, 1.54) is 0 Å². The second-order valence-corrected chi connectivity index (χ2v) is 5.57. The van der Waals surface area contributed by atoms with Crippen LogP contribution in [0.1, 0.15) is 39.5 Å². The van der Waals surface area contributed by atoms with E-state index in [2.05, 4.69) is 19.2 Å². The molecule has 0 saturated carbocycles. The number of carbonyl (C=O) groups excluding carboxylic acids is 1. The molecule has 0 aliphatic rings. The second kappa shape index (κ2) is 9.27. The van der Waals surface area contributed by atoms with Gasteiger partial charge in [-0.1, -0.05) is 26.7 Å². The number of hydrogen-bond acceptors (Lipinski definition) is 2. The Labute approximate surface area is 129 Å². The predicted octanol–water partition coefficient (Wildman–Crippen LogP) is 4.19. The molecule has 0 fully saturated rings. The van der Waals surface area contributed by atoms with Crippen LogP contribution in [0.2, 0.25) is 0 Å². The fraction of sp³-hybridized carbons (Fsp3) is 0.588. The molecule has 2 amide bonds.